The maximum absolute atomic E-state index is 11.3. The lowest BCUT2D eigenvalue weighted by Gasteiger charge is -2.31. The second kappa shape index (κ2) is 4.88. The molecule has 2 aliphatic rings. The lowest BCUT2D eigenvalue weighted by molar-refractivity contribution is -0.140. The van der Waals surface area contributed by atoms with E-state index < -0.39 is 5.60 Å². The lowest BCUT2D eigenvalue weighted by Crippen LogP contribution is -2.28. The quantitative estimate of drug-likeness (QED) is 0.618. The van der Waals surface area contributed by atoms with Crippen molar-refractivity contribution in [2.75, 3.05) is 0 Å². The molecular formula is C15H22O3. The minimum absolute atomic E-state index is 0.0664. The standard InChI is InChI=1S/C15H22O3/c1-10(8-13-9-11(2)14(16)18-13)12-4-6-15(3,17)7-5-12/h4,6,9-10,12-13,17H,5,7-8H2,1-3H3/t10-,12+,13?,15+/m1/s1. The van der Waals surface area contributed by atoms with Crippen LogP contribution in [0.2, 0.25) is 0 Å². The van der Waals surface area contributed by atoms with Gasteiger partial charge in [-0.05, 0) is 51.0 Å². The molecule has 3 heteroatoms. The highest BCUT2D eigenvalue weighted by molar-refractivity contribution is 5.90. The summed E-state index contributed by atoms with van der Waals surface area (Å²) in [5.74, 6) is 0.741. The van der Waals surface area contributed by atoms with Crippen LogP contribution < -0.4 is 0 Å². The highest BCUT2D eigenvalue weighted by Crippen LogP contribution is 2.33. The maximum atomic E-state index is 11.3. The number of cyclic esters (lactones) is 1. The fourth-order valence-electron chi connectivity index (χ4n) is 2.71. The van der Waals surface area contributed by atoms with Crippen molar-refractivity contribution in [3.05, 3.63) is 23.8 Å². The van der Waals surface area contributed by atoms with Gasteiger partial charge in [0, 0.05) is 5.57 Å². The van der Waals surface area contributed by atoms with Gasteiger partial charge in [0.05, 0.1) is 5.60 Å². The number of hydrogen-bond donors (Lipinski definition) is 1. The Bertz CT molecular complexity index is 393. The SMILES string of the molecule is CC1=CC(C[C@@H](C)[C@H]2C=C[C@](C)(O)CC2)OC1=O. The largest absolute Gasteiger partial charge is 0.455 e. The molecule has 0 amide bonds. The number of ether oxygens (including phenoxy) is 1. The molecule has 0 spiro atoms. The van der Waals surface area contributed by atoms with Crippen LogP contribution in [0.1, 0.15) is 40.0 Å². The Morgan fingerprint density at radius 2 is 2.33 bits per heavy atom. The van der Waals surface area contributed by atoms with E-state index in [0.717, 1.165) is 19.3 Å². The average molecular weight is 250 g/mol. The van der Waals surface area contributed by atoms with Gasteiger partial charge in [-0.3, -0.25) is 0 Å². The van der Waals surface area contributed by atoms with E-state index >= 15 is 0 Å². The summed E-state index contributed by atoms with van der Waals surface area (Å²) in [5, 5.41) is 9.86. The Morgan fingerprint density at radius 3 is 2.83 bits per heavy atom. The van der Waals surface area contributed by atoms with Crippen LogP contribution in [0.4, 0.5) is 0 Å². The molecule has 0 bridgehead atoms. The highest BCUT2D eigenvalue weighted by Gasteiger charge is 2.29. The van der Waals surface area contributed by atoms with Crippen molar-refractivity contribution in [1.82, 2.24) is 0 Å². The topological polar surface area (TPSA) is 46.5 Å². The minimum atomic E-state index is -0.646. The van der Waals surface area contributed by atoms with Crippen LogP contribution >= 0.6 is 0 Å². The molecule has 1 heterocycles. The Morgan fingerprint density at radius 1 is 1.61 bits per heavy atom. The van der Waals surface area contributed by atoms with E-state index in [2.05, 4.69) is 13.0 Å². The molecule has 2 rings (SSSR count). The van der Waals surface area contributed by atoms with E-state index in [-0.39, 0.29) is 12.1 Å². The molecule has 100 valence electrons. The molecule has 0 aromatic heterocycles. The van der Waals surface area contributed by atoms with Gasteiger partial charge in [0.1, 0.15) is 6.10 Å². The zero-order valence-electron chi connectivity index (χ0n) is 11.3. The number of aliphatic hydroxyl groups is 1. The summed E-state index contributed by atoms with van der Waals surface area (Å²) in [6, 6.07) is 0. The Kier molecular flexibility index (Phi) is 3.62. The third-order valence-corrected chi connectivity index (χ3v) is 4.04. The first-order chi connectivity index (χ1) is 8.37. The van der Waals surface area contributed by atoms with E-state index in [1.807, 2.05) is 19.1 Å². The number of allylic oxidation sites excluding steroid dienone is 1. The van der Waals surface area contributed by atoms with Crippen molar-refractivity contribution in [3.8, 4) is 0 Å². The number of esters is 1. The van der Waals surface area contributed by atoms with Crippen LogP contribution in [0, 0.1) is 11.8 Å². The predicted octanol–water partition coefficient (Wildman–Crippen LogP) is 2.60. The van der Waals surface area contributed by atoms with Gasteiger partial charge in [-0.2, -0.15) is 0 Å². The molecule has 4 atom stereocenters. The molecule has 0 saturated heterocycles. The fraction of sp³-hybridized carbons (Fsp3) is 0.667. The van der Waals surface area contributed by atoms with Gasteiger partial charge >= 0.3 is 5.97 Å². The van der Waals surface area contributed by atoms with Crippen LogP contribution in [0.3, 0.4) is 0 Å². The van der Waals surface area contributed by atoms with Gasteiger partial charge in [-0.15, -0.1) is 0 Å². The van der Waals surface area contributed by atoms with Gasteiger partial charge in [0.25, 0.3) is 0 Å². The fourth-order valence-corrected chi connectivity index (χ4v) is 2.71. The Labute approximate surface area is 109 Å². The van der Waals surface area contributed by atoms with Crippen LogP contribution in [-0.4, -0.2) is 22.8 Å². The maximum Gasteiger partial charge on any atom is 0.334 e. The Hall–Kier alpha value is -1.09. The zero-order chi connectivity index (χ0) is 13.3. The van der Waals surface area contributed by atoms with Crippen LogP contribution in [-0.2, 0) is 9.53 Å². The molecule has 0 radical (unpaired) electrons. The molecule has 1 unspecified atom stereocenters. The molecule has 1 N–H and O–H groups in total. The number of carbonyl (C=O) groups is 1. The van der Waals surface area contributed by atoms with Gasteiger partial charge in [-0.1, -0.05) is 19.1 Å². The van der Waals surface area contributed by atoms with Crippen LogP contribution in [0.15, 0.2) is 23.8 Å². The summed E-state index contributed by atoms with van der Waals surface area (Å²) in [7, 11) is 0. The van der Waals surface area contributed by atoms with Crippen molar-refractivity contribution in [2.45, 2.75) is 51.7 Å². The normalized spacial score (nSPS) is 37.3. The molecule has 1 aliphatic heterocycles. The molecule has 3 nitrogen and oxygen atoms in total. The zero-order valence-corrected chi connectivity index (χ0v) is 11.3. The van der Waals surface area contributed by atoms with E-state index in [0.29, 0.717) is 17.4 Å². The third-order valence-electron chi connectivity index (χ3n) is 4.04. The van der Waals surface area contributed by atoms with Crippen molar-refractivity contribution in [2.24, 2.45) is 11.8 Å². The van der Waals surface area contributed by atoms with Gasteiger partial charge in [0.2, 0.25) is 0 Å². The van der Waals surface area contributed by atoms with Crippen LogP contribution in [0.5, 0.6) is 0 Å². The van der Waals surface area contributed by atoms with Crippen molar-refractivity contribution in [1.29, 1.82) is 0 Å². The molecular weight excluding hydrogens is 228 g/mol. The first-order valence-electron chi connectivity index (χ1n) is 6.68. The summed E-state index contributed by atoms with van der Waals surface area (Å²) >= 11 is 0. The van der Waals surface area contributed by atoms with Crippen molar-refractivity contribution >= 4 is 5.97 Å². The van der Waals surface area contributed by atoms with E-state index in [4.69, 9.17) is 4.74 Å². The molecule has 0 fully saturated rings. The first kappa shape index (κ1) is 13.3. The van der Waals surface area contributed by atoms with Crippen molar-refractivity contribution in [3.63, 3.8) is 0 Å². The summed E-state index contributed by atoms with van der Waals surface area (Å²) < 4.78 is 5.27. The predicted molar refractivity (Wildman–Crippen MR) is 69.9 cm³/mol. The number of rotatable bonds is 3. The minimum Gasteiger partial charge on any atom is -0.455 e. The second-order valence-corrected chi connectivity index (χ2v) is 5.93. The molecule has 0 aromatic rings. The van der Waals surface area contributed by atoms with E-state index in [9.17, 15) is 9.90 Å². The second-order valence-electron chi connectivity index (χ2n) is 5.93. The molecule has 0 saturated carbocycles. The van der Waals surface area contributed by atoms with Gasteiger partial charge in [-0.25, -0.2) is 4.79 Å². The van der Waals surface area contributed by atoms with Crippen LogP contribution in [0.25, 0.3) is 0 Å². The first-order valence-corrected chi connectivity index (χ1v) is 6.68. The van der Waals surface area contributed by atoms with E-state index in [1.54, 1.807) is 6.92 Å². The van der Waals surface area contributed by atoms with Crippen molar-refractivity contribution < 1.29 is 14.6 Å². The van der Waals surface area contributed by atoms with E-state index in [1.165, 1.54) is 0 Å². The Balaban J connectivity index is 1.90. The van der Waals surface area contributed by atoms with Gasteiger partial charge < -0.3 is 9.84 Å². The molecule has 1 aliphatic carbocycles. The summed E-state index contributed by atoms with van der Waals surface area (Å²) in [5.41, 5.74) is 0.0707. The summed E-state index contributed by atoms with van der Waals surface area (Å²) in [6.07, 6.45) is 8.53. The van der Waals surface area contributed by atoms with Gasteiger partial charge in [0.15, 0.2) is 0 Å². The lowest BCUT2D eigenvalue weighted by atomic mass is 9.78. The molecule has 0 aromatic carbocycles. The third kappa shape index (κ3) is 3.02. The number of carbonyl (C=O) groups excluding carboxylic acids is 1. The average Bonchev–Trinajstić information content (AvgIpc) is 2.57. The highest BCUT2D eigenvalue weighted by atomic mass is 16.5. The molecule has 18 heavy (non-hydrogen) atoms. The summed E-state index contributed by atoms with van der Waals surface area (Å²) in [6.45, 7) is 5.82. The number of hydrogen-bond acceptors (Lipinski definition) is 3. The monoisotopic (exact) mass is 250 g/mol. The smallest absolute Gasteiger partial charge is 0.334 e. The summed E-state index contributed by atoms with van der Waals surface area (Å²) in [4.78, 5) is 11.3.